The molecule has 4 aromatic rings. The third-order valence-electron chi connectivity index (χ3n) is 5.61. The van der Waals surface area contributed by atoms with E-state index in [4.69, 9.17) is 4.98 Å². The maximum Gasteiger partial charge on any atom is 0.252 e. The van der Waals surface area contributed by atoms with Crippen molar-refractivity contribution in [1.82, 2.24) is 25.1 Å². The van der Waals surface area contributed by atoms with Gasteiger partial charge in [-0.05, 0) is 48.6 Å². The molecule has 0 aromatic carbocycles. The van der Waals surface area contributed by atoms with E-state index in [0.29, 0.717) is 41.0 Å². The first-order valence-corrected chi connectivity index (χ1v) is 12.9. The Morgan fingerprint density at radius 2 is 2.09 bits per heavy atom. The molecule has 1 atom stereocenters. The molecule has 1 saturated heterocycles. The number of hydrogen-bond donors (Lipinski definition) is 1. The molecule has 1 N–H and O–H groups in total. The van der Waals surface area contributed by atoms with E-state index in [1.165, 1.54) is 11.3 Å². The summed E-state index contributed by atoms with van der Waals surface area (Å²) in [6, 6.07) is 9.09. The lowest BCUT2D eigenvalue weighted by Crippen LogP contribution is -2.23. The Hall–Kier alpha value is -3.11. The summed E-state index contributed by atoms with van der Waals surface area (Å²) in [4.78, 5) is 23.0. The van der Waals surface area contributed by atoms with Gasteiger partial charge < -0.3 is 5.32 Å². The van der Waals surface area contributed by atoms with Gasteiger partial charge >= 0.3 is 0 Å². The van der Waals surface area contributed by atoms with Crippen LogP contribution in [0.1, 0.15) is 34.1 Å². The van der Waals surface area contributed by atoms with Crippen LogP contribution in [0.15, 0.2) is 48.1 Å². The van der Waals surface area contributed by atoms with Crippen molar-refractivity contribution in [3.05, 3.63) is 64.9 Å². The highest BCUT2D eigenvalue weighted by Crippen LogP contribution is 2.33. The number of sulfone groups is 1. The third kappa shape index (κ3) is 3.91. The zero-order valence-electron chi connectivity index (χ0n) is 17.4. The van der Waals surface area contributed by atoms with Gasteiger partial charge in [0, 0.05) is 18.9 Å². The fourth-order valence-electron chi connectivity index (χ4n) is 4.04. The van der Waals surface area contributed by atoms with Crippen molar-refractivity contribution in [3.8, 4) is 10.6 Å². The van der Waals surface area contributed by atoms with Crippen molar-refractivity contribution in [2.75, 3.05) is 11.5 Å². The summed E-state index contributed by atoms with van der Waals surface area (Å²) < 4.78 is 25.9. The Labute approximate surface area is 189 Å². The number of thiophene rings is 1. The summed E-state index contributed by atoms with van der Waals surface area (Å²) in [5.74, 6) is -0.0478. The fraction of sp³-hybridized carbons (Fsp3) is 0.273. The van der Waals surface area contributed by atoms with Gasteiger partial charge in [0.15, 0.2) is 15.5 Å². The first-order chi connectivity index (χ1) is 15.4. The number of rotatable bonds is 5. The SMILES string of the molecule is Cc1nn([C@@H]2CCS(=O)(=O)C2)c2nc(-c3cccs3)cc(C(=O)NCc3ccncc3)c12. The molecule has 32 heavy (non-hydrogen) atoms. The fourth-order valence-corrected chi connectivity index (χ4v) is 6.42. The highest BCUT2D eigenvalue weighted by molar-refractivity contribution is 7.91. The van der Waals surface area contributed by atoms with E-state index >= 15 is 0 Å². The summed E-state index contributed by atoms with van der Waals surface area (Å²) in [6.07, 6.45) is 3.86. The van der Waals surface area contributed by atoms with Crippen molar-refractivity contribution in [3.63, 3.8) is 0 Å². The van der Waals surface area contributed by atoms with Crippen LogP contribution in [0.5, 0.6) is 0 Å². The topological polar surface area (TPSA) is 107 Å². The van der Waals surface area contributed by atoms with E-state index in [1.807, 2.05) is 36.6 Å². The second-order valence-electron chi connectivity index (χ2n) is 7.86. The lowest BCUT2D eigenvalue weighted by Gasteiger charge is -2.12. The van der Waals surface area contributed by atoms with E-state index < -0.39 is 9.84 Å². The number of carbonyl (C=O) groups is 1. The molecule has 0 saturated carbocycles. The minimum Gasteiger partial charge on any atom is -0.348 e. The summed E-state index contributed by atoms with van der Waals surface area (Å²) in [5, 5.41) is 10.2. The Morgan fingerprint density at radius 3 is 2.78 bits per heavy atom. The summed E-state index contributed by atoms with van der Waals surface area (Å²) >= 11 is 1.53. The molecule has 5 rings (SSSR count). The number of carbonyl (C=O) groups excluding carboxylic acids is 1. The zero-order chi connectivity index (χ0) is 22.3. The van der Waals surface area contributed by atoms with Crippen molar-refractivity contribution in [1.29, 1.82) is 0 Å². The van der Waals surface area contributed by atoms with E-state index in [-0.39, 0.29) is 23.5 Å². The molecule has 0 radical (unpaired) electrons. The molecule has 4 aromatic heterocycles. The van der Waals surface area contributed by atoms with Gasteiger partial charge in [0.1, 0.15) is 0 Å². The van der Waals surface area contributed by atoms with Crippen LogP contribution >= 0.6 is 11.3 Å². The van der Waals surface area contributed by atoms with Crippen LogP contribution in [-0.4, -0.2) is 45.6 Å². The maximum absolute atomic E-state index is 13.3. The summed E-state index contributed by atoms with van der Waals surface area (Å²) in [7, 11) is -3.09. The normalized spacial score (nSPS) is 17.6. The van der Waals surface area contributed by atoms with Gasteiger partial charge in [-0.15, -0.1) is 11.3 Å². The highest BCUT2D eigenvalue weighted by atomic mass is 32.2. The molecule has 1 amide bonds. The van der Waals surface area contributed by atoms with Crippen LogP contribution in [-0.2, 0) is 16.4 Å². The van der Waals surface area contributed by atoms with Gasteiger partial charge in [0.25, 0.3) is 5.91 Å². The molecule has 0 bridgehead atoms. The van der Waals surface area contributed by atoms with E-state index in [2.05, 4.69) is 15.4 Å². The molecule has 1 aliphatic rings. The Bertz CT molecular complexity index is 1400. The zero-order valence-corrected chi connectivity index (χ0v) is 19.0. The van der Waals surface area contributed by atoms with Crippen LogP contribution < -0.4 is 5.32 Å². The Morgan fingerprint density at radius 1 is 1.28 bits per heavy atom. The summed E-state index contributed by atoms with van der Waals surface area (Å²) in [5.41, 5.74) is 3.30. The Balaban J connectivity index is 1.60. The van der Waals surface area contributed by atoms with Crippen LogP contribution in [0, 0.1) is 6.92 Å². The van der Waals surface area contributed by atoms with E-state index in [9.17, 15) is 13.2 Å². The van der Waals surface area contributed by atoms with E-state index in [0.717, 1.165) is 10.4 Å². The predicted octanol–water partition coefficient (Wildman–Crippen LogP) is 3.15. The second-order valence-corrected chi connectivity index (χ2v) is 11.0. The van der Waals surface area contributed by atoms with Crippen LogP contribution in [0.4, 0.5) is 0 Å². The number of pyridine rings is 2. The van der Waals surface area contributed by atoms with Crippen LogP contribution in [0.3, 0.4) is 0 Å². The molecular weight excluding hydrogens is 446 g/mol. The highest BCUT2D eigenvalue weighted by Gasteiger charge is 2.32. The van der Waals surface area contributed by atoms with Gasteiger partial charge in [-0.1, -0.05) is 6.07 Å². The maximum atomic E-state index is 13.3. The largest absolute Gasteiger partial charge is 0.348 e. The van der Waals surface area contributed by atoms with Crippen molar-refractivity contribution in [2.24, 2.45) is 0 Å². The van der Waals surface area contributed by atoms with Gasteiger partial charge in [-0.2, -0.15) is 5.10 Å². The number of fused-ring (bicyclic) bond motifs is 1. The minimum atomic E-state index is -3.09. The molecule has 1 aliphatic heterocycles. The molecule has 0 unspecified atom stereocenters. The number of hydrogen-bond acceptors (Lipinski definition) is 7. The standard InChI is InChI=1S/C22H21N5O3S2/c1-14-20-17(22(28)24-12-15-4-7-23-8-5-15)11-18(19-3-2-9-31-19)25-21(20)27(26-14)16-6-10-32(29,30)13-16/h2-5,7-9,11,16H,6,10,12-13H2,1H3,(H,24,28)/t16-/m1/s1. The molecule has 164 valence electrons. The van der Waals surface area contributed by atoms with Gasteiger partial charge in [0.2, 0.25) is 0 Å². The molecule has 0 spiro atoms. The van der Waals surface area contributed by atoms with Crippen molar-refractivity contribution >= 4 is 38.1 Å². The van der Waals surface area contributed by atoms with Gasteiger partial charge in [-0.3, -0.25) is 9.78 Å². The molecule has 8 nitrogen and oxygen atoms in total. The molecular formula is C22H21N5O3S2. The van der Waals surface area contributed by atoms with Crippen LogP contribution in [0.2, 0.25) is 0 Å². The number of aryl methyl sites for hydroxylation is 1. The molecule has 10 heteroatoms. The number of nitrogens with one attached hydrogen (secondary N) is 1. The number of nitrogens with zero attached hydrogens (tertiary/aromatic N) is 4. The quantitative estimate of drug-likeness (QED) is 0.483. The first kappa shape index (κ1) is 20.8. The molecule has 1 fully saturated rings. The Kier molecular flexibility index (Phi) is 5.26. The van der Waals surface area contributed by atoms with Gasteiger partial charge in [-0.25, -0.2) is 18.1 Å². The van der Waals surface area contributed by atoms with Crippen LogP contribution in [0.25, 0.3) is 21.6 Å². The van der Waals surface area contributed by atoms with Crippen molar-refractivity contribution in [2.45, 2.75) is 25.9 Å². The number of amides is 1. The van der Waals surface area contributed by atoms with Crippen molar-refractivity contribution < 1.29 is 13.2 Å². The third-order valence-corrected chi connectivity index (χ3v) is 8.25. The lowest BCUT2D eigenvalue weighted by atomic mass is 10.1. The average Bonchev–Trinajstić information content (AvgIpc) is 3.51. The second kappa shape index (κ2) is 8.10. The first-order valence-electron chi connectivity index (χ1n) is 10.2. The van der Waals surface area contributed by atoms with E-state index in [1.54, 1.807) is 23.1 Å². The molecule has 0 aliphatic carbocycles. The molecule has 5 heterocycles. The smallest absolute Gasteiger partial charge is 0.252 e. The summed E-state index contributed by atoms with van der Waals surface area (Å²) in [6.45, 7) is 2.20. The minimum absolute atomic E-state index is 0.0394. The monoisotopic (exact) mass is 467 g/mol. The number of aromatic nitrogens is 4. The van der Waals surface area contributed by atoms with Gasteiger partial charge in [0.05, 0.1) is 44.8 Å². The lowest BCUT2D eigenvalue weighted by molar-refractivity contribution is 0.0952. The average molecular weight is 468 g/mol. The predicted molar refractivity (Wildman–Crippen MR) is 123 cm³/mol.